The van der Waals surface area contributed by atoms with Gasteiger partial charge in [0.2, 0.25) is 0 Å². The number of ether oxygens (including phenoxy) is 2. The number of aliphatic imine (C=N–C) groups is 1. The molecule has 0 spiro atoms. The SMILES string of the molecule is CCCCNC(=NCc1cccc(OCCCOC)c1)NCC.I. The molecule has 6 heteroatoms. The fraction of sp³-hybridized carbons (Fsp3) is 0.611. The van der Waals surface area contributed by atoms with Crippen molar-refractivity contribution in [2.75, 3.05) is 33.4 Å². The highest BCUT2D eigenvalue weighted by Gasteiger charge is 1.99. The molecule has 0 unspecified atom stereocenters. The minimum atomic E-state index is 0. The summed E-state index contributed by atoms with van der Waals surface area (Å²) in [4.78, 5) is 4.63. The smallest absolute Gasteiger partial charge is 0.191 e. The summed E-state index contributed by atoms with van der Waals surface area (Å²) in [5, 5.41) is 6.62. The summed E-state index contributed by atoms with van der Waals surface area (Å²) in [6.07, 6.45) is 3.22. The van der Waals surface area contributed by atoms with Crippen molar-refractivity contribution in [1.82, 2.24) is 10.6 Å². The molecule has 5 nitrogen and oxygen atoms in total. The number of halogens is 1. The highest BCUT2D eigenvalue weighted by molar-refractivity contribution is 14.0. The molecular formula is C18H32IN3O2. The highest BCUT2D eigenvalue weighted by atomic mass is 127. The lowest BCUT2D eigenvalue weighted by molar-refractivity contribution is 0.172. The van der Waals surface area contributed by atoms with Gasteiger partial charge in [-0.2, -0.15) is 0 Å². The monoisotopic (exact) mass is 449 g/mol. The lowest BCUT2D eigenvalue weighted by Crippen LogP contribution is -2.37. The van der Waals surface area contributed by atoms with Gasteiger partial charge in [-0.15, -0.1) is 24.0 Å². The van der Waals surface area contributed by atoms with Crippen molar-refractivity contribution in [2.45, 2.75) is 39.7 Å². The Kier molecular flexibility index (Phi) is 14.8. The van der Waals surface area contributed by atoms with Crippen molar-refractivity contribution in [3.63, 3.8) is 0 Å². The number of hydrogen-bond acceptors (Lipinski definition) is 3. The average Bonchev–Trinajstić information content (AvgIpc) is 2.57. The van der Waals surface area contributed by atoms with Crippen molar-refractivity contribution in [2.24, 2.45) is 4.99 Å². The van der Waals surface area contributed by atoms with E-state index in [-0.39, 0.29) is 24.0 Å². The van der Waals surface area contributed by atoms with Gasteiger partial charge in [-0.25, -0.2) is 4.99 Å². The van der Waals surface area contributed by atoms with Crippen molar-refractivity contribution < 1.29 is 9.47 Å². The Balaban J connectivity index is 0.00000529. The molecule has 0 bridgehead atoms. The van der Waals surface area contributed by atoms with E-state index in [1.807, 2.05) is 18.2 Å². The van der Waals surface area contributed by atoms with E-state index in [1.54, 1.807) is 7.11 Å². The van der Waals surface area contributed by atoms with Crippen LogP contribution in [0.1, 0.15) is 38.7 Å². The Labute approximate surface area is 163 Å². The van der Waals surface area contributed by atoms with Crippen LogP contribution >= 0.6 is 24.0 Å². The van der Waals surface area contributed by atoms with Gasteiger partial charge in [0.25, 0.3) is 0 Å². The van der Waals surface area contributed by atoms with Crippen molar-refractivity contribution in [3.8, 4) is 5.75 Å². The fourth-order valence-corrected chi connectivity index (χ4v) is 2.02. The number of rotatable bonds is 11. The Morgan fingerprint density at radius 2 is 1.96 bits per heavy atom. The van der Waals surface area contributed by atoms with Crippen molar-refractivity contribution in [1.29, 1.82) is 0 Å². The predicted octanol–water partition coefficient (Wildman–Crippen LogP) is 3.58. The fourth-order valence-electron chi connectivity index (χ4n) is 2.02. The third kappa shape index (κ3) is 10.7. The van der Waals surface area contributed by atoms with E-state index < -0.39 is 0 Å². The van der Waals surface area contributed by atoms with Crippen molar-refractivity contribution >= 4 is 29.9 Å². The molecule has 0 radical (unpaired) electrons. The van der Waals surface area contributed by atoms with Crippen LogP contribution in [0.3, 0.4) is 0 Å². The largest absolute Gasteiger partial charge is 0.493 e. The third-order valence-electron chi connectivity index (χ3n) is 3.25. The summed E-state index contributed by atoms with van der Waals surface area (Å²) in [6, 6.07) is 8.10. The molecule has 2 N–H and O–H groups in total. The maximum atomic E-state index is 5.72. The first-order valence-electron chi connectivity index (χ1n) is 8.53. The van der Waals surface area contributed by atoms with E-state index in [9.17, 15) is 0 Å². The Hall–Kier alpha value is -1.02. The zero-order valence-electron chi connectivity index (χ0n) is 15.1. The van der Waals surface area contributed by atoms with Crippen LogP contribution in [-0.4, -0.2) is 39.4 Å². The number of benzene rings is 1. The summed E-state index contributed by atoms with van der Waals surface area (Å²) in [6.45, 7) is 8.10. The summed E-state index contributed by atoms with van der Waals surface area (Å²) >= 11 is 0. The van der Waals surface area contributed by atoms with Crippen molar-refractivity contribution in [3.05, 3.63) is 29.8 Å². The molecule has 0 heterocycles. The second-order valence-corrected chi connectivity index (χ2v) is 5.32. The lowest BCUT2D eigenvalue weighted by atomic mass is 10.2. The Bertz CT molecular complexity index is 456. The third-order valence-corrected chi connectivity index (χ3v) is 3.25. The molecule has 0 saturated carbocycles. The van der Waals surface area contributed by atoms with Gasteiger partial charge in [0.05, 0.1) is 13.2 Å². The summed E-state index contributed by atoms with van der Waals surface area (Å²) in [5.41, 5.74) is 1.14. The molecule has 0 amide bonds. The summed E-state index contributed by atoms with van der Waals surface area (Å²) < 4.78 is 10.7. The van der Waals surface area contributed by atoms with Crippen LogP contribution in [-0.2, 0) is 11.3 Å². The lowest BCUT2D eigenvalue weighted by Gasteiger charge is -2.11. The quantitative estimate of drug-likeness (QED) is 0.235. The molecule has 0 aromatic heterocycles. The van der Waals surface area contributed by atoms with Crippen LogP contribution in [0.25, 0.3) is 0 Å². The minimum Gasteiger partial charge on any atom is -0.493 e. The van der Waals surface area contributed by atoms with Crippen LogP contribution in [0.4, 0.5) is 0 Å². The first-order chi connectivity index (χ1) is 11.3. The van der Waals surface area contributed by atoms with Gasteiger partial charge in [0, 0.05) is 33.2 Å². The van der Waals surface area contributed by atoms with E-state index in [1.165, 1.54) is 6.42 Å². The van der Waals surface area contributed by atoms with E-state index in [0.29, 0.717) is 13.2 Å². The van der Waals surface area contributed by atoms with Gasteiger partial charge in [-0.3, -0.25) is 0 Å². The normalized spacial score (nSPS) is 10.9. The molecule has 24 heavy (non-hydrogen) atoms. The molecule has 0 fully saturated rings. The molecule has 1 aromatic carbocycles. The average molecular weight is 449 g/mol. The van der Waals surface area contributed by atoms with Gasteiger partial charge in [-0.05, 0) is 31.0 Å². The predicted molar refractivity (Wildman–Crippen MR) is 112 cm³/mol. The molecule has 0 aliphatic rings. The Morgan fingerprint density at radius 3 is 2.67 bits per heavy atom. The maximum absolute atomic E-state index is 5.72. The highest BCUT2D eigenvalue weighted by Crippen LogP contribution is 2.14. The van der Waals surface area contributed by atoms with E-state index in [0.717, 1.165) is 49.8 Å². The molecule has 0 aliphatic carbocycles. The van der Waals surface area contributed by atoms with Crippen LogP contribution in [0.2, 0.25) is 0 Å². The second-order valence-electron chi connectivity index (χ2n) is 5.32. The second kappa shape index (κ2) is 15.5. The van der Waals surface area contributed by atoms with Crippen LogP contribution in [0.15, 0.2) is 29.3 Å². The molecular weight excluding hydrogens is 417 g/mol. The maximum Gasteiger partial charge on any atom is 0.191 e. The van der Waals surface area contributed by atoms with Gasteiger partial charge in [0.15, 0.2) is 5.96 Å². The van der Waals surface area contributed by atoms with E-state index in [4.69, 9.17) is 9.47 Å². The van der Waals surface area contributed by atoms with Crippen LogP contribution in [0.5, 0.6) is 5.75 Å². The van der Waals surface area contributed by atoms with Crippen LogP contribution in [0, 0.1) is 0 Å². The molecule has 0 atom stereocenters. The van der Waals surface area contributed by atoms with E-state index >= 15 is 0 Å². The molecule has 1 rings (SSSR count). The topological polar surface area (TPSA) is 54.9 Å². The molecule has 138 valence electrons. The molecule has 0 aliphatic heterocycles. The van der Waals surface area contributed by atoms with Gasteiger partial charge >= 0.3 is 0 Å². The zero-order chi connectivity index (χ0) is 16.8. The van der Waals surface area contributed by atoms with Gasteiger partial charge in [-0.1, -0.05) is 25.5 Å². The Morgan fingerprint density at radius 1 is 1.12 bits per heavy atom. The van der Waals surface area contributed by atoms with Crippen LogP contribution < -0.4 is 15.4 Å². The standard InChI is InChI=1S/C18H31N3O2.HI/c1-4-6-11-20-18(19-5-2)21-15-16-9-7-10-17(14-16)23-13-8-12-22-3;/h7,9-10,14H,4-6,8,11-13,15H2,1-3H3,(H2,19,20,21);1H. The number of guanidine groups is 1. The summed E-state index contributed by atoms with van der Waals surface area (Å²) in [7, 11) is 1.70. The number of hydrogen-bond donors (Lipinski definition) is 2. The van der Waals surface area contributed by atoms with E-state index in [2.05, 4.69) is 35.5 Å². The number of methoxy groups -OCH3 is 1. The van der Waals surface area contributed by atoms with Gasteiger partial charge < -0.3 is 20.1 Å². The first kappa shape index (κ1) is 23.0. The number of nitrogens with one attached hydrogen (secondary N) is 2. The summed E-state index contributed by atoms with van der Waals surface area (Å²) in [5.74, 6) is 1.75. The molecule has 0 saturated heterocycles. The minimum absolute atomic E-state index is 0. The first-order valence-corrected chi connectivity index (χ1v) is 8.53. The zero-order valence-corrected chi connectivity index (χ0v) is 17.5. The number of unbranched alkanes of at least 4 members (excludes halogenated alkanes) is 1. The molecule has 1 aromatic rings. The van der Waals surface area contributed by atoms with Gasteiger partial charge in [0.1, 0.15) is 5.75 Å². The number of nitrogens with zero attached hydrogens (tertiary/aromatic N) is 1.